The van der Waals surface area contributed by atoms with Crippen molar-refractivity contribution in [2.75, 3.05) is 39.5 Å². The summed E-state index contributed by atoms with van der Waals surface area (Å²) < 4.78 is 32.3. The van der Waals surface area contributed by atoms with Crippen LogP contribution in [0.5, 0.6) is 0 Å². The first-order valence-electron chi connectivity index (χ1n) is 9.88. The van der Waals surface area contributed by atoms with Gasteiger partial charge in [-0.15, -0.1) is 0 Å². The number of hydrogen-bond donors (Lipinski definition) is 5. The Bertz CT molecular complexity index is 785. The van der Waals surface area contributed by atoms with Crippen LogP contribution in [0.25, 0.3) is 0 Å². The van der Waals surface area contributed by atoms with Crippen LogP contribution in [0.15, 0.2) is 48.5 Å². The van der Waals surface area contributed by atoms with Gasteiger partial charge in [0.1, 0.15) is 17.7 Å². The molecule has 0 aromatic heterocycles. The minimum atomic E-state index is -1.82. The number of carbonyl (C=O) groups is 2. The van der Waals surface area contributed by atoms with Crippen LogP contribution >= 0.6 is 0 Å². The fourth-order valence-corrected chi connectivity index (χ4v) is 2.80. The van der Waals surface area contributed by atoms with E-state index in [1.165, 1.54) is 24.3 Å². The van der Waals surface area contributed by atoms with Gasteiger partial charge >= 0.3 is 11.9 Å². The number of carboxylic acids is 2. The van der Waals surface area contributed by atoms with E-state index >= 15 is 0 Å². The van der Waals surface area contributed by atoms with Crippen molar-refractivity contribution in [2.24, 2.45) is 0 Å². The van der Waals surface area contributed by atoms with Crippen molar-refractivity contribution in [1.29, 1.82) is 0 Å². The standard InChI is InChI=1S/C20H25F2NO4.C2H2O4/c21-17-5-1-15(2-6-17)20(16-3-7-18(22)8-4-16)27-14-19(26)13-23(9-11-24)10-12-25;3-1(4)2(5)6/h1-8,19-20,24-26H,9-14H2;(H,3,4)(H,5,6). The Morgan fingerprint density at radius 1 is 0.818 bits per heavy atom. The third-order valence-electron chi connectivity index (χ3n) is 4.29. The third-order valence-corrected chi connectivity index (χ3v) is 4.29. The van der Waals surface area contributed by atoms with Crippen molar-refractivity contribution in [1.82, 2.24) is 4.90 Å². The van der Waals surface area contributed by atoms with E-state index in [-0.39, 0.29) is 38.0 Å². The molecule has 0 amide bonds. The fraction of sp³-hybridized carbons (Fsp3) is 0.364. The van der Waals surface area contributed by atoms with Crippen molar-refractivity contribution in [3.63, 3.8) is 0 Å². The molecule has 0 saturated carbocycles. The summed E-state index contributed by atoms with van der Waals surface area (Å²) in [5.74, 6) is -4.40. The molecule has 9 nitrogen and oxygen atoms in total. The largest absolute Gasteiger partial charge is 0.473 e. The first kappa shape index (κ1) is 28.1. The van der Waals surface area contributed by atoms with Gasteiger partial charge in [-0.25, -0.2) is 18.4 Å². The van der Waals surface area contributed by atoms with Crippen LogP contribution in [0.1, 0.15) is 17.2 Å². The van der Waals surface area contributed by atoms with Gasteiger partial charge in [0.2, 0.25) is 0 Å². The number of halogens is 2. The second-order valence-corrected chi connectivity index (χ2v) is 6.83. The summed E-state index contributed by atoms with van der Waals surface area (Å²) in [4.78, 5) is 19.9. The van der Waals surface area contributed by atoms with E-state index < -0.39 is 24.1 Å². The number of aliphatic hydroxyl groups excluding tert-OH is 3. The van der Waals surface area contributed by atoms with Gasteiger partial charge in [-0.2, -0.15) is 0 Å². The highest BCUT2D eigenvalue weighted by Crippen LogP contribution is 2.26. The van der Waals surface area contributed by atoms with E-state index in [4.69, 9.17) is 34.8 Å². The Kier molecular flexibility index (Phi) is 12.7. The number of ether oxygens (including phenoxy) is 1. The zero-order valence-corrected chi connectivity index (χ0v) is 17.7. The average Bonchev–Trinajstić information content (AvgIpc) is 2.77. The molecule has 0 fully saturated rings. The quantitative estimate of drug-likeness (QED) is 0.301. The molecule has 2 rings (SSSR count). The molecular formula is C22H27F2NO8. The van der Waals surface area contributed by atoms with Crippen LogP contribution in [0.3, 0.4) is 0 Å². The SMILES string of the molecule is O=C(O)C(=O)O.OCCN(CCO)CC(O)COC(c1ccc(F)cc1)c1ccc(F)cc1. The number of hydrogen-bond acceptors (Lipinski definition) is 7. The Labute approximate surface area is 189 Å². The molecule has 0 spiro atoms. The van der Waals surface area contributed by atoms with Gasteiger partial charge in [-0.05, 0) is 35.4 Å². The molecule has 2 aromatic carbocycles. The summed E-state index contributed by atoms with van der Waals surface area (Å²) in [7, 11) is 0. The van der Waals surface area contributed by atoms with E-state index in [9.17, 15) is 13.9 Å². The molecule has 0 aliphatic carbocycles. The van der Waals surface area contributed by atoms with Crippen LogP contribution in [0.2, 0.25) is 0 Å². The van der Waals surface area contributed by atoms with E-state index in [0.717, 1.165) is 0 Å². The molecule has 0 heterocycles. The van der Waals surface area contributed by atoms with Crippen LogP contribution in [-0.2, 0) is 14.3 Å². The predicted molar refractivity (Wildman–Crippen MR) is 112 cm³/mol. The van der Waals surface area contributed by atoms with E-state index in [0.29, 0.717) is 24.2 Å². The minimum Gasteiger partial charge on any atom is -0.473 e. The Hall–Kier alpha value is -2.96. The summed E-state index contributed by atoms with van der Waals surface area (Å²) >= 11 is 0. The monoisotopic (exact) mass is 471 g/mol. The second kappa shape index (κ2) is 15.0. The summed E-state index contributed by atoms with van der Waals surface area (Å²) in [5, 5.41) is 43.1. The van der Waals surface area contributed by atoms with Gasteiger partial charge in [-0.3, -0.25) is 4.90 Å². The zero-order valence-electron chi connectivity index (χ0n) is 17.7. The second-order valence-electron chi connectivity index (χ2n) is 6.83. The van der Waals surface area contributed by atoms with Crippen molar-refractivity contribution < 1.29 is 48.6 Å². The fourth-order valence-electron chi connectivity index (χ4n) is 2.80. The summed E-state index contributed by atoms with van der Waals surface area (Å²) in [6, 6.07) is 11.6. The highest BCUT2D eigenvalue weighted by molar-refractivity contribution is 6.27. The lowest BCUT2D eigenvalue weighted by atomic mass is 10.0. The van der Waals surface area contributed by atoms with Crippen molar-refractivity contribution in [3.8, 4) is 0 Å². The van der Waals surface area contributed by atoms with Crippen molar-refractivity contribution in [3.05, 3.63) is 71.3 Å². The number of rotatable bonds is 11. The lowest BCUT2D eigenvalue weighted by Crippen LogP contribution is -2.38. The van der Waals surface area contributed by atoms with E-state index in [2.05, 4.69) is 0 Å². The van der Waals surface area contributed by atoms with Crippen molar-refractivity contribution in [2.45, 2.75) is 12.2 Å². The minimum absolute atomic E-state index is 0.0211. The summed E-state index contributed by atoms with van der Waals surface area (Å²) in [6.07, 6.45) is -1.45. The number of nitrogens with zero attached hydrogens (tertiary/aromatic N) is 1. The highest BCUT2D eigenvalue weighted by Gasteiger charge is 2.18. The van der Waals surface area contributed by atoms with Crippen molar-refractivity contribution >= 4 is 11.9 Å². The van der Waals surface area contributed by atoms with Gasteiger partial charge in [-0.1, -0.05) is 24.3 Å². The molecule has 2 aromatic rings. The number of carboxylic acid groups (broad SMARTS) is 2. The molecule has 33 heavy (non-hydrogen) atoms. The molecule has 0 saturated heterocycles. The zero-order chi connectivity index (χ0) is 24.8. The first-order chi connectivity index (χ1) is 15.7. The van der Waals surface area contributed by atoms with Crippen LogP contribution in [0.4, 0.5) is 8.78 Å². The predicted octanol–water partition coefficient (Wildman–Crippen LogP) is 0.874. The Morgan fingerprint density at radius 2 is 1.21 bits per heavy atom. The van der Waals surface area contributed by atoms with Gasteiger partial charge in [0.25, 0.3) is 0 Å². The lowest BCUT2D eigenvalue weighted by molar-refractivity contribution is -0.159. The first-order valence-corrected chi connectivity index (χ1v) is 9.88. The Morgan fingerprint density at radius 3 is 1.55 bits per heavy atom. The van der Waals surface area contributed by atoms with Gasteiger partial charge in [0.15, 0.2) is 0 Å². The number of benzene rings is 2. The molecular weight excluding hydrogens is 444 g/mol. The third kappa shape index (κ3) is 10.9. The highest BCUT2D eigenvalue weighted by atomic mass is 19.1. The average molecular weight is 471 g/mol. The van der Waals surface area contributed by atoms with Crippen LogP contribution in [-0.4, -0.2) is 87.9 Å². The van der Waals surface area contributed by atoms with Gasteiger partial charge < -0.3 is 30.3 Å². The molecule has 11 heteroatoms. The molecule has 1 atom stereocenters. The molecule has 0 radical (unpaired) electrons. The number of aliphatic hydroxyl groups is 3. The Balaban J connectivity index is 0.000000801. The molecule has 182 valence electrons. The smallest absolute Gasteiger partial charge is 0.414 e. The maximum atomic E-state index is 13.2. The molecule has 0 bridgehead atoms. The number of aliphatic carboxylic acids is 2. The van der Waals surface area contributed by atoms with Crippen LogP contribution in [0, 0.1) is 11.6 Å². The summed E-state index contributed by atoms with van der Waals surface area (Å²) in [6.45, 7) is 0.699. The van der Waals surface area contributed by atoms with Gasteiger partial charge in [0.05, 0.1) is 25.9 Å². The maximum Gasteiger partial charge on any atom is 0.414 e. The summed E-state index contributed by atoms with van der Waals surface area (Å²) in [5.41, 5.74) is 1.36. The van der Waals surface area contributed by atoms with E-state index in [1.807, 2.05) is 0 Å². The molecule has 5 N–H and O–H groups in total. The van der Waals surface area contributed by atoms with Crippen LogP contribution < -0.4 is 0 Å². The topological polar surface area (TPSA) is 148 Å². The van der Waals surface area contributed by atoms with Gasteiger partial charge in [0, 0.05) is 19.6 Å². The maximum absolute atomic E-state index is 13.2. The van der Waals surface area contributed by atoms with E-state index in [1.54, 1.807) is 29.2 Å². The molecule has 1 unspecified atom stereocenters. The normalized spacial score (nSPS) is 11.7. The lowest BCUT2D eigenvalue weighted by Gasteiger charge is -2.25. The molecule has 0 aliphatic rings. The molecule has 0 aliphatic heterocycles.